The molecule has 0 atom stereocenters. The number of hydrogen-bond acceptors (Lipinski definition) is 3. The lowest BCUT2D eigenvalue weighted by Crippen LogP contribution is -2.02. The van der Waals surface area contributed by atoms with Crippen molar-refractivity contribution in [2.45, 2.75) is 26.2 Å². The molecule has 5 heteroatoms. The molecule has 0 aliphatic heterocycles. The summed E-state index contributed by atoms with van der Waals surface area (Å²) in [5.74, 6) is -0.983. The SMILES string of the molecule is CCCCc1nc2cccc(C(=O)O)c2nc1Br. The molecule has 1 aromatic carbocycles. The van der Waals surface area contributed by atoms with Crippen molar-refractivity contribution in [3.8, 4) is 0 Å². The number of aryl methyl sites for hydroxylation is 1. The van der Waals surface area contributed by atoms with Crippen LogP contribution in [0.5, 0.6) is 0 Å². The van der Waals surface area contributed by atoms with E-state index in [9.17, 15) is 4.79 Å². The second-order valence-electron chi connectivity index (χ2n) is 4.04. The van der Waals surface area contributed by atoms with Gasteiger partial charge in [0.2, 0.25) is 0 Å². The molecule has 0 saturated carbocycles. The van der Waals surface area contributed by atoms with Crippen LogP contribution in [-0.2, 0) is 6.42 Å². The molecule has 0 bridgehead atoms. The molecule has 0 fully saturated rings. The summed E-state index contributed by atoms with van der Waals surface area (Å²) in [6.07, 6.45) is 2.97. The highest BCUT2D eigenvalue weighted by atomic mass is 79.9. The Morgan fingerprint density at radius 1 is 1.39 bits per heavy atom. The first-order chi connectivity index (χ1) is 8.63. The van der Waals surface area contributed by atoms with E-state index < -0.39 is 5.97 Å². The third-order valence-electron chi connectivity index (χ3n) is 2.72. The molecule has 0 aliphatic carbocycles. The number of halogens is 1. The van der Waals surface area contributed by atoms with Gasteiger partial charge in [-0.05, 0) is 40.9 Å². The van der Waals surface area contributed by atoms with Crippen LogP contribution in [-0.4, -0.2) is 21.0 Å². The van der Waals surface area contributed by atoms with Crippen LogP contribution < -0.4 is 0 Å². The number of nitrogens with zero attached hydrogens (tertiary/aromatic N) is 2. The van der Waals surface area contributed by atoms with Gasteiger partial charge in [0.1, 0.15) is 10.1 Å². The van der Waals surface area contributed by atoms with Crippen LogP contribution in [0.4, 0.5) is 0 Å². The van der Waals surface area contributed by atoms with Crippen molar-refractivity contribution in [2.75, 3.05) is 0 Å². The van der Waals surface area contributed by atoms with Gasteiger partial charge in [0.25, 0.3) is 0 Å². The first-order valence-electron chi connectivity index (χ1n) is 5.82. The topological polar surface area (TPSA) is 63.1 Å². The lowest BCUT2D eigenvalue weighted by molar-refractivity contribution is 0.0699. The largest absolute Gasteiger partial charge is 0.478 e. The van der Waals surface area contributed by atoms with E-state index in [2.05, 4.69) is 32.8 Å². The Morgan fingerprint density at radius 2 is 2.17 bits per heavy atom. The van der Waals surface area contributed by atoms with Gasteiger partial charge in [-0.1, -0.05) is 19.4 Å². The average Bonchev–Trinajstić information content (AvgIpc) is 2.35. The average molecular weight is 309 g/mol. The highest BCUT2D eigenvalue weighted by molar-refractivity contribution is 9.10. The number of hydrogen-bond donors (Lipinski definition) is 1. The minimum Gasteiger partial charge on any atom is -0.478 e. The Kier molecular flexibility index (Phi) is 3.91. The van der Waals surface area contributed by atoms with E-state index >= 15 is 0 Å². The van der Waals surface area contributed by atoms with Gasteiger partial charge in [-0.15, -0.1) is 0 Å². The molecular weight excluding hydrogens is 296 g/mol. The number of para-hydroxylation sites is 1. The number of carbonyl (C=O) groups is 1. The Hall–Kier alpha value is -1.49. The molecular formula is C13H13BrN2O2. The predicted octanol–water partition coefficient (Wildman–Crippen LogP) is 3.43. The number of unbranched alkanes of at least 4 members (excludes halogenated alkanes) is 1. The summed E-state index contributed by atoms with van der Waals surface area (Å²) in [4.78, 5) is 19.9. The zero-order chi connectivity index (χ0) is 13.1. The summed E-state index contributed by atoms with van der Waals surface area (Å²) in [5.41, 5.74) is 2.12. The Balaban J connectivity index is 2.56. The van der Waals surface area contributed by atoms with E-state index in [4.69, 9.17) is 5.11 Å². The zero-order valence-electron chi connectivity index (χ0n) is 9.98. The van der Waals surface area contributed by atoms with Gasteiger partial charge >= 0.3 is 5.97 Å². The molecule has 2 aromatic rings. The van der Waals surface area contributed by atoms with Crippen molar-refractivity contribution in [3.05, 3.63) is 34.1 Å². The fourth-order valence-corrected chi connectivity index (χ4v) is 2.23. The van der Waals surface area contributed by atoms with Gasteiger partial charge in [0, 0.05) is 0 Å². The van der Waals surface area contributed by atoms with Crippen molar-refractivity contribution in [1.82, 2.24) is 9.97 Å². The molecule has 4 nitrogen and oxygen atoms in total. The second-order valence-corrected chi connectivity index (χ2v) is 4.79. The molecule has 1 N–H and O–H groups in total. The molecule has 0 amide bonds. The first kappa shape index (κ1) is 13.0. The van der Waals surface area contributed by atoms with E-state index in [0.717, 1.165) is 25.0 Å². The number of aromatic nitrogens is 2. The van der Waals surface area contributed by atoms with Gasteiger partial charge in [0.15, 0.2) is 0 Å². The Labute approximate surface area is 113 Å². The summed E-state index contributed by atoms with van der Waals surface area (Å²) in [7, 11) is 0. The molecule has 2 rings (SSSR count). The highest BCUT2D eigenvalue weighted by Crippen LogP contribution is 2.21. The molecule has 0 saturated heterocycles. The molecule has 0 radical (unpaired) electrons. The van der Waals surface area contributed by atoms with E-state index in [0.29, 0.717) is 15.6 Å². The van der Waals surface area contributed by atoms with E-state index in [1.165, 1.54) is 6.07 Å². The van der Waals surface area contributed by atoms with Gasteiger partial charge in [-0.2, -0.15) is 0 Å². The lowest BCUT2D eigenvalue weighted by atomic mass is 10.1. The summed E-state index contributed by atoms with van der Waals surface area (Å²) in [6.45, 7) is 2.12. The summed E-state index contributed by atoms with van der Waals surface area (Å²) in [6, 6.07) is 5.02. The third-order valence-corrected chi connectivity index (χ3v) is 3.35. The van der Waals surface area contributed by atoms with Crippen LogP contribution >= 0.6 is 15.9 Å². The quantitative estimate of drug-likeness (QED) is 0.940. The number of carboxylic acids is 1. The minimum atomic E-state index is -0.983. The fourth-order valence-electron chi connectivity index (χ4n) is 1.77. The monoisotopic (exact) mass is 308 g/mol. The van der Waals surface area contributed by atoms with Gasteiger partial charge in [-0.3, -0.25) is 0 Å². The molecule has 0 unspecified atom stereocenters. The van der Waals surface area contributed by atoms with Crippen LogP contribution in [0, 0.1) is 0 Å². The first-order valence-corrected chi connectivity index (χ1v) is 6.61. The lowest BCUT2D eigenvalue weighted by Gasteiger charge is -2.06. The van der Waals surface area contributed by atoms with Crippen LogP contribution in [0.15, 0.2) is 22.8 Å². The molecule has 18 heavy (non-hydrogen) atoms. The van der Waals surface area contributed by atoms with Crippen LogP contribution in [0.1, 0.15) is 35.8 Å². The van der Waals surface area contributed by atoms with E-state index in [1.807, 2.05) is 0 Å². The third kappa shape index (κ3) is 2.51. The van der Waals surface area contributed by atoms with Crippen LogP contribution in [0.3, 0.4) is 0 Å². The van der Waals surface area contributed by atoms with E-state index in [1.54, 1.807) is 12.1 Å². The van der Waals surface area contributed by atoms with Gasteiger partial charge in [0.05, 0.1) is 16.8 Å². The summed E-state index contributed by atoms with van der Waals surface area (Å²) >= 11 is 3.36. The maximum absolute atomic E-state index is 11.1. The highest BCUT2D eigenvalue weighted by Gasteiger charge is 2.13. The number of fused-ring (bicyclic) bond motifs is 1. The standard InChI is InChI=1S/C13H13BrN2O2/c1-2-3-6-10-12(14)16-11-8(13(17)18)5-4-7-9(11)15-10/h4-5,7H,2-3,6H2,1H3,(H,17,18). The maximum Gasteiger partial charge on any atom is 0.337 e. The van der Waals surface area contributed by atoms with Crippen molar-refractivity contribution in [2.24, 2.45) is 0 Å². The predicted molar refractivity (Wildman–Crippen MR) is 72.8 cm³/mol. The summed E-state index contributed by atoms with van der Waals surface area (Å²) in [5, 5.41) is 9.10. The molecule has 0 spiro atoms. The fraction of sp³-hybridized carbons (Fsp3) is 0.308. The van der Waals surface area contributed by atoms with Crippen molar-refractivity contribution >= 4 is 32.9 Å². The summed E-state index contributed by atoms with van der Waals surface area (Å²) < 4.78 is 0.636. The van der Waals surface area contributed by atoms with Crippen molar-refractivity contribution < 1.29 is 9.90 Å². The maximum atomic E-state index is 11.1. The van der Waals surface area contributed by atoms with E-state index in [-0.39, 0.29) is 5.56 Å². The smallest absolute Gasteiger partial charge is 0.337 e. The minimum absolute atomic E-state index is 0.183. The van der Waals surface area contributed by atoms with Gasteiger partial charge in [-0.25, -0.2) is 14.8 Å². The van der Waals surface area contributed by atoms with Crippen molar-refractivity contribution in [3.63, 3.8) is 0 Å². The Bertz CT molecular complexity index is 599. The zero-order valence-corrected chi connectivity index (χ0v) is 11.6. The van der Waals surface area contributed by atoms with Crippen LogP contribution in [0.25, 0.3) is 11.0 Å². The normalized spacial score (nSPS) is 10.8. The number of rotatable bonds is 4. The molecule has 0 aliphatic rings. The molecule has 94 valence electrons. The molecule has 1 heterocycles. The number of benzene rings is 1. The Morgan fingerprint density at radius 3 is 2.83 bits per heavy atom. The van der Waals surface area contributed by atoms with Gasteiger partial charge < -0.3 is 5.11 Å². The second kappa shape index (κ2) is 5.44. The number of carboxylic acid groups (broad SMARTS) is 1. The van der Waals surface area contributed by atoms with Crippen LogP contribution in [0.2, 0.25) is 0 Å². The van der Waals surface area contributed by atoms with Crippen molar-refractivity contribution in [1.29, 1.82) is 0 Å². The molecule has 1 aromatic heterocycles. The number of aromatic carboxylic acids is 1.